The summed E-state index contributed by atoms with van der Waals surface area (Å²) in [5.41, 5.74) is 3.93. The Labute approximate surface area is 211 Å². The fourth-order valence-corrected chi connectivity index (χ4v) is 4.83. The number of aromatic nitrogens is 2. The highest BCUT2D eigenvalue weighted by Gasteiger charge is 2.21. The lowest BCUT2D eigenvalue weighted by molar-refractivity contribution is 0.248. The molecule has 3 heterocycles. The molecule has 0 radical (unpaired) electrons. The molecule has 4 aromatic rings. The highest BCUT2D eigenvalue weighted by Crippen LogP contribution is 2.32. The van der Waals surface area contributed by atoms with Crippen molar-refractivity contribution in [3.63, 3.8) is 0 Å². The third-order valence-corrected chi connectivity index (χ3v) is 6.87. The van der Waals surface area contributed by atoms with Gasteiger partial charge in [0.25, 0.3) is 5.56 Å². The van der Waals surface area contributed by atoms with Crippen LogP contribution in [-0.4, -0.2) is 54.8 Å². The molecule has 1 saturated heterocycles. The molecule has 5 rings (SSSR count). The van der Waals surface area contributed by atoms with Crippen LogP contribution in [0, 0.1) is 6.92 Å². The van der Waals surface area contributed by atoms with Gasteiger partial charge < -0.3 is 18.9 Å². The number of aryl methyl sites for hydroxylation is 1. The topological polar surface area (TPSA) is 59.8 Å². The number of methoxy groups -OCH3 is 2. The van der Waals surface area contributed by atoms with Gasteiger partial charge >= 0.3 is 0 Å². The van der Waals surface area contributed by atoms with Crippen LogP contribution in [0.4, 0.5) is 5.82 Å². The van der Waals surface area contributed by atoms with Crippen LogP contribution in [0.1, 0.15) is 16.7 Å². The van der Waals surface area contributed by atoms with Gasteiger partial charge in [-0.15, -0.1) is 0 Å². The lowest BCUT2D eigenvalue weighted by atomic mass is 10.1. The molecule has 186 valence electrons. The van der Waals surface area contributed by atoms with Crippen LogP contribution in [0.15, 0.2) is 71.7 Å². The average molecular weight is 485 g/mol. The molecule has 0 N–H and O–H groups in total. The third-order valence-electron chi connectivity index (χ3n) is 6.87. The van der Waals surface area contributed by atoms with Gasteiger partial charge in [-0.25, -0.2) is 4.98 Å². The summed E-state index contributed by atoms with van der Waals surface area (Å²) in [5.74, 6) is 2.27. The zero-order chi connectivity index (χ0) is 25.1. The molecule has 0 bridgehead atoms. The Morgan fingerprint density at radius 1 is 0.861 bits per heavy atom. The first kappa shape index (κ1) is 23.9. The van der Waals surface area contributed by atoms with Crippen molar-refractivity contribution in [3.05, 3.63) is 93.9 Å². The van der Waals surface area contributed by atoms with Crippen molar-refractivity contribution in [3.8, 4) is 11.5 Å². The molecule has 7 heteroatoms. The number of ether oxygens (including phenoxy) is 2. The first-order chi connectivity index (χ1) is 17.6. The van der Waals surface area contributed by atoms with Crippen LogP contribution in [0.25, 0.3) is 10.9 Å². The summed E-state index contributed by atoms with van der Waals surface area (Å²) in [6.45, 7) is 6.67. The maximum absolute atomic E-state index is 13.8. The number of piperazine rings is 1. The molecule has 2 aromatic carbocycles. The number of hydrogen-bond acceptors (Lipinski definition) is 6. The Hall–Kier alpha value is -3.84. The van der Waals surface area contributed by atoms with E-state index in [4.69, 9.17) is 9.47 Å². The van der Waals surface area contributed by atoms with Gasteiger partial charge in [0, 0.05) is 55.9 Å². The molecule has 0 saturated carbocycles. The lowest BCUT2D eigenvalue weighted by Gasteiger charge is -2.35. The van der Waals surface area contributed by atoms with Crippen molar-refractivity contribution >= 4 is 16.7 Å². The van der Waals surface area contributed by atoms with Crippen LogP contribution >= 0.6 is 0 Å². The second-order valence-corrected chi connectivity index (χ2v) is 9.26. The molecular formula is C29H32N4O3. The molecule has 0 amide bonds. The summed E-state index contributed by atoms with van der Waals surface area (Å²) in [7, 11) is 3.25. The second kappa shape index (κ2) is 10.4. The standard InChI is InChI=1S/C29H32N4O3/c1-21-7-9-22(10-8-21)19-33-25-18-27(36-3)26(35-2)17-23(25)16-24(29(33)34)20-31-12-14-32(15-13-31)28-6-4-5-11-30-28/h4-11,16-18H,12-15,19-20H2,1-3H3. The predicted octanol–water partition coefficient (Wildman–Crippen LogP) is 4.09. The molecule has 1 aliphatic rings. The average Bonchev–Trinajstić information content (AvgIpc) is 2.92. The minimum atomic E-state index is 0.0300. The zero-order valence-corrected chi connectivity index (χ0v) is 21.1. The monoisotopic (exact) mass is 484 g/mol. The molecule has 7 nitrogen and oxygen atoms in total. The zero-order valence-electron chi connectivity index (χ0n) is 21.1. The van der Waals surface area contributed by atoms with E-state index in [0.29, 0.717) is 24.6 Å². The van der Waals surface area contributed by atoms with Crippen molar-refractivity contribution in [1.82, 2.24) is 14.5 Å². The van der Waals surface area contributed by atoms with Gasteiger partial charge in [0.05, 0.1) is 26.3 Å². The van der Waals surface area contributed by atoms with Crippen molar-refractivity contribution in [2.75, 3.05) is 45.3 Å². The summed E-state index contributed by atoms with van der Waals surface area (Å²) in [6, 6.07) is 20.2. The first-order valence-corrected chi connectivity index (χ1v) is 12.3. The highest BCUT2D eigenvalue weighted by molar-refractivity contribution is 5.84. The van der Waals surface area contributed by atoms with Crippen molar-refractivity contribution < 1.29 is 9.47 Å². The van der Waals surface area contributed by atoms with E-state index in [1.807, 2.05) is 47.2 Å². The van der Waals surface area contributed by atoms with Crippen LogP contribution in [0.3, 0.4) is 0 Å². The summed E-state index contributed by atoms with van der Waals surface area (Å²) in [5, 5.41) is 0.960. The summed E-state index contributed by atoms with van der Waals surface area (Å²) < 4.78 is 13.0. The summed E-state index contributed by atoms with van der Waals surface area (Å²) >= 11 is 0. The Balaban J connectivity index is 1.47. The van der Waals surface area contributed by atoms with Crippen LogP contribution in [-0.2, 0) is 13.1 Å². The third kappa shape index (κ3) is 4.93. The van der Waals surface area contributed by atoms with Crippen LogP contribution < -0.4 is 19.9 Å². The van der Waals surface area contributed by atoms with Crippen LogP contribution in [0.2, 0.25) is 0 Å². The Bertz CT molecular complexity index is 1390. The van der Waals surface area contributed by atoms with E-state index in [9.17, 15) is 4.79 Å². The van der Waals surface area contributed by atoms with Crippen molar-refractivity contribution in [2.24, 2.45) is 0 Å². The number of hydrogen-bond donors (Lipinski definition) is 0. The van der Waals surface area contributed by atoms with Gasteiger partial charge in [-0.2, -0.15) is 0 Å². The van der Waals surface area contributed by atoms with E-state index >= 15 is 0 Å². The van der Waals surface area contributed by atoms with Gasteiger partial charge in [-0.05, 0) is 36.8 Å². The minimum absolute atomic E-state index is 0.0300. The normalized spacial score (nSPS) is 14.2. The maximum Gasteiger partial charge on any atom is 0.255 e. The molecule has 0 unspecified atom stereocenters. The first-order valence-electron chi connectivity index (χ1n) is 12.3. The number of rotatable bonds is 7. The van der Waals surface area contributed by atoms with Gasteiger partial charge in [0.1, 0.15) is 5.82 Å². The van der Waals surface area contributed by atoms with Gasteiger partial charge in [0.2, 0.25) is 0 Å². The van der Waals surface area contributed by atoms with Crippen molar-refractivity contribution in [2.45, 2.75) is 20.0 Å². The predicted molar refractivity (Wildman–Crippen MR) is 143 cm³/mol. The summed E-state index contributed by atoms with van der Waals surface area (Å²) in [6.07, 6.45) is 1.83. The van der Waals surface area contributed by atoms with Gasteiger partial charge in [0.15, 0.2) is 11.5 Å². The van der Waals surface area contributed by atoms with Gasteiger partial charge in [-0.1, -0.05) is 35.9 Å². The smallest absolute Gasteiger partial charge is 0.255 e. The van der Waals surface area contributed by atoms with Gasteiger partial charge in [-0.3, -0.25) is 9.69 Å². The van der Waals surface area contributed by atoms with E-state index in [1.54, 1.807) is 14.2 Å². The molecule has 0 spiro atoms. The number of benzene rings is 2. The SMILES string of the molecule is COc1cc2cc(CN3CCN(c4ccccn4)CC3)c(=O)n(Cc3ccc(C)cc3)c2cc1OC. The Morgan fingerprint density at radius 2 is 1.58 bits per heavy atom. The molecule has 36 heavy (non-hydrogen) atoms. The molecular weight excluding hydrogens is 452 g/mol. The number of nitrogens with zero attached hydrogens (tertiary/aromatic N) is 4. The Kier molecular flexibility index (Phi) is 6.91. The van der Waals surface area contributed by atoms with E-state index in [2.05, 4.69) is 46.0 Å². The fraction of sp³-hybridized carbons (Fsp3) is 0.310. The Morgan fingerprint density at radius 3 is 2.25 bits per heavy atom. The second-order valence-electron chi connectivity index (χ2n) is 9.26. The molecule has 0 atom stereocenters. The largest absolute Gasteiger partial charge is 0.493 e. The minimum Gasteiger partial charge on any atom is -0.493 e. The van der Waals surface area contributed by atoms with E-state index in [0.717, 1.165) is 54.0 Å². The molecule has 0 aliphatic carbocycles. The quantitative estimate of drug-likeness (QED) is 0.394. The summed E-state index contributed by atoms with van der Waals surface area (Å²) in [4.78, 5) is 22.9. The highest BCUT2D eigenvalue weighted by atomic mass is 16.5. The molecule has 1 aliphatic heterocycles. The fourth-order valence-electron chi connectivity index (χ4n) is 4.83. The maximum atomic E-state index is 13.8. The van der Waals surface area contributed by atoms with E-state index < -0.39 is 0 Å². The van der Waals surface area contributed by atoms with E-state index in [1.165, 1.54) is 5.56 Å². The lowest BCUT2D eigenvalue weighted by Crippen LogP contribution is -2.47. The van der Waals surface area contributed by atoms with Crippen LogP contribution in [0.5, 0.6) is 11.5 Å². The molecule has 2 aromatic heterocycles. The number of anilines is 1. The van der Waals surface area contributed by atoms with Crippen molar-refractivity contribution in [1.29, 1.82) is 0 Å². The molecule has 1 fully saturated rings. The van der Waals surface area contributed by atoms with E-state index in [-0.39, 0.29) is 5.56 Å². The number of pyridine rings is 2. The number of fused-ring (bicyclic) bond motifs is 1.